The summed E-state index contributed by atoms with van der Waals surface area (Å²) in [5.74, 6) is 1.37. The monoisotopic (exact) mass is 302 g/mol. The molecule has 5 heteroatoms. The molecule has 22 heavy (non-hydrogen) atoms. The highest BCUT2D eigenvalue weighted by atomic mass is 16.5. The van der Waals surface area contributed by atoms with Crippen LogP contribution in [0.3, 0.4) is 0 Å². The summed E-state index contributed by atoms with van der Waals surface area (Å²) in [5.41, 5.74) is 3.41. The number of aromatic nitrogens is 3. The van der Waals surface area contributed by atoms with Crippen LogP contribution in [0.5, 0.6) is 5.75 Å². The van der Waals surface area contributed by atoms with Gasteiger partial charge in [-0.05, 0) is 37.5 Å². The third kappa shape index (κ3) is 3.65. The number of hydrogen-bond acceptors (Lipinski definition) is 4. The molecule has 0 aliphatic carbocycles. The second-order valence-corrected chi connectivity index (χ2v) is 5.81. The number of benzene rings is 1. The maximum Gasteiger partial charge on any atom is 0.118 e. The van der Waals surface area contributed by atoms with Gasteiger partial charge in [-0.1, -0.05) is 31.2 Å². The lowest BCUT2D eigenvalue weighted by atomic mass is 9.96. The van der Waals surface area contributed by atoms with Crippen LogP contribution in [-0.4, -0.2) is 22.1 Å². The van der Waals surface area contributed by atoms with E-state index in [2.05, 4.69) is 48.5 Å². The third-order valence-corrected chi connectivity index (χ3v) is 3.96. The van der Waals surface area contributed by atoms with E-state index in [1.807, 2.05) is 23.7 Å². The molecule has 0 radical (unpaired) electrons. The Bertz CT molecular complexity index is 589. The molecule has 1 heterocycles. The summed E-state index contributed by atoms with van der Waals surface area (Å²) in [6.45, 7) is 10.2. The molecule has 1 atom stereocenters. The van der Waals surface area contributed by atoms with Crippen LogP contribution in [0.2, 0.25) is 0 Å². The molecule has 0 amide bonds. The molecule has 0 saturated heterocycles. The molecule has 0 aliphatic rings. The summed E-state index contributed by atoms with van der Waals surface area (Å²) in [6.07, 6.45) is 0. The van der Waals surface area contributed by atoms with E-state index in [1.165, 1.54) is 5.56 Å². The van der Waals surface area contributed by atoms with Gasteiger partial charge >= 0.3 is 0 Å². The fraction of sp³-hybridized carbons (Fsp3) is 0.529. The Kier molecular flexibility index (Phi) is 5.55. The van der Waals surface area contributed by atoms with Crippen LogP contribution in [0.15, 0.2) is 24.3 Å². The first kappa shape index (κ1) is 16.5. The number of methoxy groups -OCH3 is 1. The Morgan fingerprint density at radius 1 is 1.23 bits per heavy atom. The van der Waals surface area contributed by atoms with Gasteiger partial charge in [0.25, 0.3) is 0 Å². The van der Waals surface area contributed by atoms with Gasteiger partial charge in [0.15, 0.2) is 0 Å². The van der Waals surface area contributed by atoms with Crippen molar-refractivity contribution < 1.29 is 4.74 Å². The summed E-state index contributed by atoms with van der Waals surface area (Å²) < 4.78 is 7.19. The second-order valence-electron chi connectivity index (χ2n) is 5.81. The standard InChI is InChI=1S/C17H26N4O/c1-6-21-16(13(4)19-20-21)11-18-17(12(2)3)14-7-9-15(22-5)10-8-14/h7-10,12,17-18H,6,11H2,1-5H3. The van der Waals surface area contributed by atoms with Gasteiger partial charge in [-0.3, -0.25) is 0 Å². The quantitative estimate of drug-likeness (QED) is 0.854. The van der Waals surface area contributed by atoms with E-state index in [-0.39, 0.29) is 6.04 Å². The molecule has 1 aromatic carbocycles. The predicted molar refractivity (Wildman–Crippen MR) is 87.8 cm³/mol. The zero-order valence-electron chi connectivity index (χ0n) is 14.1. The van der Waals surface area contributed by atoms with E-state index in [1.54, 1.807) is 7.11 Å². The molecular weight excluding hydrogens is 276 g/mol. The van der Waals surface area contributed by atoms with Gasteiger partial charge < -0.3 is 10.1 Å². The van der Waals surface area contributed by atoms with Crippen LogP contribution in [0, 0.1) is 12.8 Å². The van der Waals surface area contributed by atoms with E-state index in [0.29, 0.717) is 5.92 Å². The normalized spacial score (nSPS) is 12.6. The van der Waals surface area contributed by atoms with E-state index < -0.39 is 0 Å². The molecule has 2 rings (SSSR count). The first-order valence-electron chi connectivity index (χ1n) is 7.83. The number of ether oxygens (including phenoxy) is 1. The Hall–Kier alpha value is -1.88. The Morgan fingerprint density at radius 2 is 1.91 bits per heavy atom. The third-order valence-electron chi connectivity index (χ3n) is 3.96. The summed E-state index contributed by atoms with van der Waals surface area (Å²) in [7, 11) is 1.69. The SMILES string of the molecule is CCn1nnc(C)c1CNC(c1ccc(OC)cc1)C(C)C. The summed E-state index contributed by atoms with van der Waals surface area (Å²) in [6, 6.07) is 8.55. The number of aryl methyl sites for hydroxylation is 2. The molecular formula is C17H26N4O. The topological polar surface area (TPSA) is 52.0 Å². The smallest absolute Gasteiger partial charge is 0.118 e. The average molecular weight is 302 g/mol. The number of nitrogens with zero attached hydrogens (tertiary/aromatic N) is 3. The van der Waals surface area contributed by atoms with Gasteiger partial charge in [0, 0.05) is 19.1 Å². The molecule has 0 bridgehead atoms. The lowest BCUT2D eigenvalue weighted by Gasteiger charge is -2.23. The van der Waals surface area contributed by atoms with Crippen molar-refractivity contribution in [1.82, 2.24) is 20.3 Å². The van der Waals surface area contributed by atoms with Crippen LogP contribution in [0.1, 0.15) is 43.8 Å². The fourth-order valence-electron chi connectivity index (χ4n) is 2.65. The molecule has 1 aromatic heterocycles. The van der Waals surface area contributed by atoms with Crippen LogP contribution in [0.4, 0.5) is 0 Å². The van der Waals surface area contributed by atoms with E-state index >= 15 is 0 Å². The van der Waals surface area contributed by atoms with Gasteiger partial charge in [0.05, 0.1) is 18.5 Å². The number of nitrogens with one attached hydrogen (secondary N) is 1. The first-order chi connectivity index (χ1) is 10.6. The van der Waals surface area contributed by atoms with Crippen LogP contribution in [-0.2, 0) is 13.1 Å². The van der Waals surface area contributed by atoms with Crippen molar-refractivity contribution in [3.63, 3.8) is 0 Å². The molecule has 1 N–H and O–H groups in total. The second kappa shape index (κ2) is 7.40. The fourth-order valence-corrected chi connectivity index (χ4v) is 2.65. The minimum atomic E-state index is 0.283. The molecule has 120 valence electrons. The van der Waals surface area contributed by atoms with Gasteiger partial charge in [-0.2, -0.15) is 0 Å². The van der Waals surface area contributed by atoms with Crippen LogP contribution < -0.4 is 10.1 Å². The minimum Gasteiger partial charge on any atom is -0.497 e. The van der Waals surface area contributed by atoms with Crippen LogP contribution >= 0.6 is 0 Å². The molecule has 2 aromatic rings. The maximum absolute atomic E-state index is 5.23. The van der Waals surface area contributed by atoms with Crippen molar-refractivity contribution in [2.24, 2.45) is 5.92 Å². The molecule has 1 unspecified atom stereocenters. The van der Waals surface area contributed by atoms with Crippen molar-refractivity contribution in [2.45, 2.75) is 46.8 Å². The van der Waals surface area contributed by atoms with Crippen molar-refractivity contribution in [3.05, 3.63) is 41.2 Å². The van der Waals surface area contributed by atoms with E-state index in [4.69, 9.17) is 4.74 Å². The highest BCUT2D eigenvalue weighted by Crippen LogP contribution is 2.24. The lowest BCUT2D eigenvalue weighted by molar-refractivity contribution is 0.398. The lowest BCUT2D eigenvalue weighted by Crippen LogP contribution is -2.26. The summed E-state index contributed by atoms with van der Waals surface area (Å²) >= 11 is 0. The Balaban J connectivity index is 2.13. The Labute approximate surface area is 132 Å². The van der Waals surface area contributed by atoms with Crippen molar-refractivity contribution in [3.8, 4) is 5.75 Å². The van der Waals surface area contributed by atoms with Crippen LogP contribution in [0.25, 0.3) is 0 Å². The minimum absolute atomic E-state index is 0.283. The predicted octanol–water partition coefficient (Wildman–Crippen LogP) is 3.10. The zero-order valence-corrected chi connectivity index (χ0v) is 14.1. The molecule has 0 aliphatic heterocycles. The zero-order chi connectivity index (χ0) is 16.1. The Morgan fingerprint density at radius 3 is 2.45 bits per heavy atom. The van der Waals surface area contributed by atoms with Gasteiger partial charge in [-0.25, -0.2) is 4.68 Å². The van der Waals surface area contributed by atoms with Crippen molar-refractivity contribution in [1.29, 1.82) is 0 Å². The summed E-state index contributed by atoms with van der Waals surface area (Å²) in [4.78, 5) is 0. The largest absolute Gasteiger partial charge is 0.497 e. The molecule has 0 fully saturated rings. The maximum atomic E-state index is 5.23. The highest BCUT2D eigenvalue weighted by Gasteiger charge is 2.17. The number of rotatable bonds is 7. The van der Waals surface area contributed by atoms with E-state index in [9.17, 15) is 0 Å². The average Bonchev–Trinajstić information content (AvgIpc) is 2.88. The molecule has 0 saturated carbocycles. The van der Waals surface area contributed by atoms with Crippen molar-refractivity contribution in [2.75, 3.05) is 7.11 Å². The number of hydrogen-bond donors (Lipinski definition) is 1. The van der Waals surface area contributed by atoms with Crippen molar-refractivity contribution >= 4 is 0 Å². The molecule has 5 nitrogen and oxygen atoms in total. The van der Waals surface area contributed by atoms with Gasteiger partial charge in [0.1, 0.15) is 5.75 Å². The van der Waals surface area contributed by atoms with Gasteiger partial charge in [-0.15, -0.1) is 5.10 Å². The van der Waals surface area contributed by atoms with Gasteiger partial charge in [0.2, 0.25) is 0 Å². The molecule has 0 spiro atoms. The summed E-state index contributed by atoms with van der Waals surface area (Å²) in [5, 5.41) is 12.0. The first-order valence-corrected chi connectivity index (χ1v) is 7.83. The van der Waals surface area contributed by atoms with E-state index in [0.717, 1.165) is 30.2 Å². The highest BCUT2D eigenvalue weighted by molar-refractivity contribution is 5.29.